The van der Waals surface area contributed by atoms with Crippen molar-refractivity contribution in [1.29, 1.82) is 0 Å². The third-order valence-electron chi connectivity index (χ3n) is 3.72. The maximum Gasteiger partial charge on any atom is 0.270 e. The molecule has 4 nitrogen and oxygen atoms in total. The number of hydrogen-bond acceptors (Lipinski definition) is 2. The number of aryl methyl sites for hydroxylation is 1. The Bertz CT molecular complexity index is 819. The van der Waals surface area contributed by atoms with Crippen LogP contribution >= 0.6 is 11.6 Å². The normalized spacial score (nSPS) is 11.0. The molecule has 0 saturated carbocycles. The topological polar surface area (TPSA) is 49.2 Å². The smallest absolute Gasteiger partial charge is 0.270 e. The molecule has 2 heterocycles. The lowest BCUT2D eigenvalue weighted by Gasteiger charge is -2.16. The van der Waals surface area contributed by atoms with Crippen molar-refractivity contribution in [1.82, 2.24) is 9.88 Å². The van der Waals surface area contributed by atoms with Gasteiger partial charge in [-0.15, -0.1) is 0 Å². The van der Waals surface area contributed by atoms with Gasteiger partial charge in [0.15, 0.2) is 0 Å². The van der Waals surface area contributed by atoms with Crippen LogP contribution in [0, 0.1) is 0 Å². The standard InChI is InChI=1S/C17H17ClN2O2/c1-3-15-13(12-6-4-5-7-16(12)22-15)10-20(2)17(21)14-8-11(18)9-19-14/h4-9,19H,3,10H2,1-2H3. The van der Waals surface area contributed by atoms with Crippen molar-refractivity contribution in [3.05, 3.63) is 58.6 Å². The number of benzene rings is 1. The van der Waals surface area contributed by atoms with Crippen molar-refractivity contribution in [3.8, 4) is 0 Å². The number of aromatic amines is 1. The predicted molar refractivity (Wildman–Crippen MR) is 87.2 cm³/mol. The third-order valence-corrected chi connectivity index (χ3v) is 3.94. The molecule has 114 valence electrons. The first-order chi connectivity index (χ1) is 10.6. The number of halogens is 1. The maximum absolute atomic E-state index is 12.4. The summed E-state index contributed by atoms with van der Waals surface area (Å²) in [5, 5.41) is 1.59. The minimum Gasteiger partial charge on any atom is -0.461 e. The number of fused-ring (bicyclic) bond motifs is 1. The van der Waals surface area contributed by atoms with Gasteiger partial charge in [0.1, 0.15) is 17.0 Å². The number of carbonyl (C=O) groups excluding carboxylic acids is 1. The summed E-state index contributed by atoms with van der Waals surface area (Å²) in [4.78, 5) is 17.0. The predicted octanol–water partition coefficient (Wildman–Crippen LogP) is 4.25. The van der Waals surface area contributed by atoms with E-state index in [4.69, 9.17) is 16.0 Å². The van der Waals surface area contributed by atoms with Gasteiger partial charge >= 0.3 is 0 Å². The largest absolute Gasteiger partial charge is 0.461 e. The lowest BCUT2D eigenvalue weighted by Crippen LogP contribution is -2.26. The lowest BCUT2D eigenvalue weighted by atomic mass is 10.1. The number of rotatable bonds is 4. The van der Waals surface area contributed by atoms with E-state index in [1.807, 2.05) is 31.2 Å². The van der Waals surface area contributed by atoms with Gasteiger partial charge in [0, 0.05) is 37.2 Å². The van der Waals surface area contributed by atoms with Gasteiger partial charge in [-0.3, -0.25) is 4.79 Å². The molecule has 1 aromatic carbocycles. The first kappa shape index (κ1) is 14.7. The zero-order chi connectivity index (χ0) is 15.7. The van der Waals surface area contributed by atoms with Crippen LogP contribution in [0.25, 0.3) is 11.0 Å². The summed E-state index contributed by atoms with van der Waals surface area (Å²) < 4.78 is 5.87. The number of nitrogens with zero attached hydrogens (tertiary/aromatic N) is 1. The second-order valence-corrected chi connectivity index (χ2v) is 5.68. The molecule has 0 atom stereocenters. The number of nitrogens with one attached hydrogen (secondary N) is 1. The molecule has 0 spiro atoms. The molecule has 1 N–H and O–H groups in total. The van der Waals surface area contributed by atoms with Gasteiger partial charge in [0.25, 0.3) is 5.91 Å². The Labute approximate surface area is 133 Å². The fourth-order valence-corrected chi connectivity index (χ4v) is 2.78. The van der Waals surface area contributed by atoms with Crippen LogP contribution in [0.3, 0.4) is 0 Å². The van der Waals surface area contributed by atoms with E-state index >= 15 is 0 Å². The number of carbonyl (C=O) groups is 1. The van der Waals surface area contributed by atoms with Gasteiger partial charge in [-0.2, -0.15) is 0 Å². The van der Waals surface area contributed by atoms with Gasteiger partial charge in [-0.25, -0.2) is 0 Å². The Balaban J connectivity index is 1.90. The summed E-state index contributed by atoms with van der Waals surface area (Å²) in [6.45, 7) is 2.55. The Kier molecular flexibility index (Phi) is 3.94. The van der Waals surface area contributed by atoms with Crippen molar-refractivity contribution < 1.29 is 9.21 Å². The van der Waals surface area contributed by atoms with Gasteiger partial charge in [-0.1, -0.05) is 36.7 Å². The van der Waals surface area contributed by atoms with E-state index in [1.54, 1.807) is 24.2 Å². The Hall–Kier alpha value is -2.20. The highest BCUT2D eigenvalue weighted by Crippen LogP contribution is 2.27. The quantitative estimate of drug-likeness (QED) is 0.782. The number of hydrogen-bond donors (Lipinski definition) is 1. The monoisotopic (exact) mass is 316 g/mol. The molecule has 22 heavy (non-hydrogen) atoms. The van der Waals surface area contributed by atoms with Crippen molar-refractivity contribution in [3.63, 3.8) is 0 Å². The van der Waals surface area contributed by atoms with Gasteiger partial charge in [0.05, 0.1) is 5.02 Å². The highest BCUT2D eigenvalue weighted by Gasteiger charge is 2.19. The first-order valence-corrected chi connectivity index (χ1v) is 7.56. The summed E-state index contributed by atoms with van der Waals surface area (Å²) in [6.07, 6.45) is 2.40. The highest BCUT2D eigenvalue weighted by molar-refractivity contribution is 6.30. The average molecular weight is 317 g/mol. The Morgan fingerprint density at radius 3 is 2.82 bits per heavy atom. The number of H-pyrrole nitrogens is 1. The summed E-state index contributed by atoms with van der Waals surface area (Å²) in [7, 11) is 1.78. The first-order valence-electron chi connectivity index (χ1n) is 7.18. The summed E-state index contributed by atoms with van der Waals surface area (Å²) in [5.74, 6) is 0.824. The molecule has 3 aromatic rings. The van der Waals surface area contributed by atoms with Crippen molar-refractivity contribution in [2.75, 3.05) is 7.05 Å². The van der Waals surface area contributed by atoms with Crippen molar-refractivity contribution in [2.24, 2.45) is 0 Å². The lowest BCUT2D eigenvalue weighted by molar-refractivity contribution is 0.0780. The fraction of sp³-hybridized carbons (Fsp3) is 0.235. The van der Waals surface area contributed by atoms with E-state index in [0.717, 1.165) is 28.7 Å². The molecular weight excluding hydrogens is 300 g/mol. The van der Waals surface area contributed by atoms with E-state index in [1.165, 1.54) is 0 Å². The van der Waals surface area contributed by atoms with E-state index in [-0.39, 0.29) is 5.91 Å². The van der Waals surface area contributed by atoms with Crippen molar-refractivity contribution >= 4 is 28.5 Å². The maximum atomic E-state index is 12.4. The number of furan rings is 1. The Morgan fingerprint density at radius 2 is 2.14 bits per heavy atom. The van der Waals surface area contributed by atoms with E-state index in [0.29, 0.717) is 17.3 Å². The average Bonchev–Trinajstić information content (AvgIpc) is 3.10. The van der Waals surface area contributed by atoms with Gasteiger partial charge in [-0.05, 0) is 12.1 Å². The molecule has 1 amide bonds. The Morgan fingerprint density at radius 1 is 1.36 bits per heavy atom. The van der Waals surface area contributed by atoms with Crippen LogP contribution in [0.2, 0.25) is 5.02 Å². The molecule has 0 bridgehead atoms. The minimum absolute atomic E-state index is 0.0979. The molecule has 0 saturated heterocycles. The van der Waals surface area contributed by atoms with Crippen LogP contribution in [0.4, 0.5) is 0 Å². The third kappa shape index (κ3) is 2.62. The number of para-hydroxylation sites is 1. The number of amides is 1. The van der Waals surface area contributed by atoms with Crippen LogP contribution in [-0.2, 0) is 13.0 Å². The molecule has 0 aliphatic heterocycles. The highest BCUT2D eigenvalue weighted by atomic mass is 35.5. The zero-order valence-electron chi connectivity index (χ0n) is 12.5. The molecule has 0 fully saturated rings. The molecule has 2 aromatic heterocycles. The summed E-state index contributed by atoms with van der Waals surface area (Å²) >= 11 is 5.86. The summed E-state index contributed by atoms with van der Waals surface area (Å²) in [5.41, 5.74) is 2.41. The van der Waals surface area contributed by atoms with E-state index in [2.05, 4.69) is 4.98 Å². The van der Waals surface area contributed by atoms with Crippen LogP contribution < -0.4 is 0 Å². The fourth-order valence-electron chi connectivity index (χ4n) is 2.61. The van der Waals surface area contributed by atoms with E-state index in [9.17, 15) is 4.79 Å². The number of aromatic nitrogens is 1. The molecule has 0 unspecified atom stereocenters. The molecule has 0 radical (unpaired) electrons. The zero-order valence-corrected chi connectivity index (χ0v) is 13.3. The van der Waals surface area contributed by atoms with Gasteiger partial charge < -0.3 is 14.3 Å². The second kappa shape index (κ2) is 5.89. The van der Waals surface area contributed by atoms with Crippen molar-refractivity contribution in [2.45, 2.75) is 19.9 Å². The molecule has 5 heteroatoms. The van der Waals surface area contributed by atoms with Crippen LogP contribution in [0.15, 0.2) is 40.9 Å². The van der Waals surface area contributed by atoms with Crippen LogP contribution in [-0.4, -0.2) is 22.8 Å². The minimum atomic E-state index is -0.0979. The molecular formula is C17H17ClN2O2. The SMILES string of the molecule is CCc1oc2ccccc2c1CN(C)C(=O)c1cc(Cl)c[nH]1. The molecule has 0 aliphatic rings. The van der Waals surface area contributed by atoms with E-state index < -0.39 is 0 Å². The van der Waals surface area contributed by atoms with Gasteiger partial charge in [0.2, 0.25) is 0 Å². The van der Waals surface area contributed by atoms with Crippen LogP contribution in [0.1, 0.15) is 28.7 Å². The second-order valence-electron chi connectivity index (χ2n) is 5.25. The molecule has 3 rings (SSSR count). The summed E-state index contributed by atoms with van der Waals surface area (Å²) in [6, 6.07) is 9.54. The van der Waals surface area contributed by atoms with Crippen LogP contribution in [0.5, 0.6) is 0 Å². The molecule has 0 aliphatic carbocycles.